The zero-order valence-corrected chi connectivity index (χ0v) is 8.47. The molecule has 0 amide bonds. The number of benzene rings is 1. The van der Waals surface area contributed by atoms with Gasteiger partial charge in [-0.15, -0.1) is 0 Å². The van der Waals surface area contributed by atoms with Gasteiger partial charge in [-0.05, 0) is 18.9 Å². The van der Waals surface area contributed by atoms with E-state index in [0.29, 0.717) is 11.3 Å². The molecule has 2 nitrogen and oxygen atoms in total. The molecule has 0 saturated heterocycles. The lowest BCUT2D eigenvalue weighted by atomic mass is 9.98. The minimum atomic E-state index is -2.50. The fraction of sp³-hybridized carbons (Fsp3) is 0.455. The van der Waals surface area contributed by atoms with Gasteiger partial charge in [-0.2, -0.15) is 0 Å². The molecular formula is C11H13F2NO. The van der Waals surface area contributed by atoms with Crippen molar-refractivity contribution in [1.29, 1.82) is 0 Å². The van der Waals surface area contributed by atoms with Gasteiger partial charge < -0.3 is 10.5 Å². The minimum absolute atomic E-state index is 0.00523. The first-order chi connectivity index (χ1) is 7.08. The first-order valence-electron chi connectivity index (χ1n) is 4.83. The van der Waals surface area contributed by atoms with Gasteiger partial charge in [0.05, 0.1) is 7.11 Å². The van der Waals surface area contributed by atoms with E-state index in [1.165, 1.54) is 13.2 Å². The van der Waals surface area contributed by atoms with Crippen LogP contribution in [0.25, 0.3) is 0 Å². The molecule has 15 heavy (non-hydrogen) atoms. The standard InChI is InChI=1S/C11H13F2NO/c1-15-8-4-2-3-7(10(12)13)9(8)11(14)5-6-11/h2-4,10H,5-6,14H2,1H3. The highest BCUT2D eigenvalue weighted by Crippen LogP contribution is 2.49. The van der Waals surface area contributed by atoms with Crippen molar-refractivity contribution in [2.24, 2.45) is 5.73 Å². The number of methoxy groups -OCH3 is 1. The molecule has 2 rings (SSSR count). The molecule has 2 N–H and O–H groups in total. The second-order valence-corrected chi connectivity index (χ2v) is 3.88. The maximum atomic E-state index is 12.8. The number of alkyl halides is 2. The summed E-state index contributed by atoms with van der Waals surface area (Å²) >= 11 is 0. The number of nitrogens with two attached hydrogens (primary N) is 1. The molecule has 0 heterocycles. The Labute approximate surface area is 87.0 Å². The molecule has 0 unspecified atom stereocenters. The molecular weight excluding hydrogens is 200 g/mol. The van der Waals surface area contributed by atoms with E-state index in [9.17, 15) is 8.78 Å². The molecule has 0 aromatic heterocycles. The average molecular weight is 213 g/mol. The molecule has 4 heteroatoms. The minimum Gasteiger partial charge on any atom is -0.496 e. The lowest BCUT2D eigenvalue weighted by Gasteiger charge is -2.18. The van der Waals surface area contributed by atoms with Crippen LogP contribution in [0.15, 0.2) is 18.2 Å². The quantitative estimate of drug-likeness (QED) is 0.837. The van der Waals surface area contributed by atoms with Gasteiger partial charge in [0, 0.05) is 16.7 Å². The Hall–Kier alpha value is -1.16. The van der Waals surface area contributed by atoms with Crippen molar-refractivity contribution in [2.45, 2.75) is 24.8 Å². The van der Waals surface area contributed by atoms with E-state index in [-0.39, 0.29) is 5.56 Å². The molecule has 0 atom stereocenters. The van der Waals surface area contributed by atoms with E-state index < -0.39 is 12.0 Å². The van der Waals surface area contributed by atoms with Gasteiger partial charge >= 0.3 is 0 Å². The van der Waals surface area contributed by atoms with Crippen molar-refractivity contribution in [3.8, 4) is 5.75 Å². The van der Waals surface area contributed by atoms with Gasteiger partial charge in [0.15, 0.2) is 0 Å². The number of rotatable bonds is 3. The summed E-state index contributed by atoms with van der Waals surface area (Å²) in [5.41, 5.74) is 5.84. The van der Waals surface area contributed by atoms with Crippen LogP contribution in [0.5, 0.6) is 5.75 Å². The maximum absolute atomic E-state index is 12.8. The largest absolute Gasteiger partial charge is 0.496 e. The van der Waals surface area contributed by atoms with E-state index in [0.717, 1.165) is 12.8 Å². The summed E-state index contributed by atoms with van der Waals surface area (Å²) in [4.78, 5) is 0. The summed E-state index contributed by atoms with van der Waals surface area (Å²) in [5, 5.41) is 0. The first-order valence-corrected chi connectivity index (χ1v) is 4.83. The van der Waals surface area contributed by atoms with Crippen LogP contribution in [0.2, 0.25) is 0 Å². The van der Waals surface area contributed by atoms with E-state index in [4.69, 9.17) is 10.5 Å². The van der Waals surface area contributed by atoms with Crippen LogP contribution in [0, 0.1) is 0 Å². The van der Waals surface area contributed by atoms with Crippen molar-refractivity contribution in [3.05, 3.63) is 29.3 Å². The lowest BCUT2D eigenvalue weighted by molar-refractivity contribution is 0.149. The molecule has 1 fully saturated rings. The molecule has 1 aliphatic carbocycles. The van der Waals surface area contributed by atoms with Crippen molar-refractivity contribution in [3.63, 3.8) is 0 Å². The third-order valence-electron chi connectivity index (χ3n) is 2.80. The van der Waals surface area contributed by atoms with Gasteiger partial charge in [-0.25, -0.2) is 8.78 Å². The van der Waals surface area contributed by atoms with Crippen LogP contribution in [0.3, 0.4) is 0 Å². The molecule has 82 valence electrons. The Kier molecular flexibility index (Phi) is 2.38. The predicted octanol–water partition coefficient (Wildman–Crippen LogP) is 2.58. The van der Waals surface area contributed by atoms with Gasteiger partial charge in [0.2, 0.25) is 0 Å². The van der Waals surface area contributed by atoms with Crippen molar-refractivity contribution >= 4 is 0 Å². The maximum Gasteiger partial charge on any atom is 0.264 e. The predicted molar refractivity (Wildman–Crippen MR) is 53.1 cm³/mol. The summed E-state index contributed by atoms with van der Waals surface area (Å²) < 4.78 is 30.7. The van der Waals surface area contributed by atoms with Crippen LogP contribution >= 0.6 is 0 Å². The molecule has 1 saturated carbocycles. The number of ether oxygens (including phenoxy) is 1. The highest BCUT2D eigenvalue weighted by Gasteiger charge is 2.44. The normalized spacial score (nSPS) is 17.9. The Morgan fingerprint density at radius 2 is 2.07 bits per heavy atom. The molecule has 1 aromatic carbocycles. The molecule has 0 radical (unpaired) electrons. The third-order valence-corrected chi connectivity index (χ3v) is 2.80. The smallest absolute Gasteiger partial charge is 0.264 e. The Balaban J connectivity index is 2.55. The van der Waals surface area contributed by atoms with Gasteiger partial charge in [-0.1, -0.05) is 12.1 Å². The Bertz CT molecular complexity index is 375. The topological polar surface area (TPSA) is 35.2 Å². The second kappa shape index (κ2) is 3.45. The Morgan fingerprint density at radius 1 is 1.40 bits per heavy atom. The summed E-state index contributed by atoms with van der Waals surface area (Å²) in [6, 6.07) is 4.65. The van der Waals surface area contributed by atoms with Crippen LogP contribution in [0.4, 0.5) is 8.78 Å². The van der Waals surface area contributed by atoms with Gasteiger partial charge in [0.25, 0.3) is 6.43 Å². The SMILES string of the molecule is COc1cccc(C(F)F)c1C1(N)CC1. The molecule has 0 spiro atoms. The summed E-state index contributed by atoms with van der Waals surface area (Å²) in [6.07, 6.45) is -1.02. The zero-order chi connectivity index (χ0) is 11.1. The zero-order valence-electron chi connectivity index (χ0n) is 8.47. The number of hydrogen-bond donors (Lipinski definition) is 1. The highest BCUT2D eigenvalue weighted by molar-refractivity contribution is 5.48. The third kappa shape index (κ3) is 1.69. The van der Waals surface area contributed by atoms with E-state index >= 15 is 0 Å². The molecule has 0 aliphatic heterocycles. The summed E-state index contributed by atoms with van der Waals surface area (Å²) in [6.45, 7) is 0. The lowest BCUT2D eigenvalue weighted by Crippen LogP contribution is -2.22. The van der Waals surface area contributed by atoms with Crippen molar-refractivity contribution in [2.75, 3.05) is 7.11 Å². The molecule has 0 bridgehead atoms. The monoisotopic (exact) mass is 213 g/mol. The van der Waals surface area contributed by atoms with E-state index in [1.54, 1.807) is 12.1 Å². The fourth-order valence-corrected chi connectivity index (χ4v) is 1.82. The van der Waals surface area contributed by atoms with Crippen LogP contribution in [-0.4, -0.2) is 7.11 Å². The fourth-order valence-electron chi connectivity index (χ4n) is 1.82. The van der Waals surface area contributed by atoms with Crippen LogP contribution in [-0.2, 0) is 5.54 Å². The Morgan fingerprint density at radius 3 is 2.53 bits per heavy atom. The second-order valence-electron chi connectivity index (χ2n) is 3.88. The molecule has 1 aliphatic rings. The van der Waals surface area contributed by atoms with Gasteiger partial charge in [0.1, 0.15) is 5.75 Å². The number of halogens is 2. The van der Waals surface area contributed by atoms with Crippen molar-refractivity contribution in [1.82, 2.24) is 0 Å². The van der Waals surface area contributed by atoms with E-state index in [2.05, 4.69) is 0 Å². The average Bonchev–Trinajstić information content (AvgIpc) is 2.96. The van der Waals surface area contributed by atoms with E-state index in [1.807, 2.05) is 0 Å². The van der Waals surface area contributed by atoms with Crippen LogP contribution < -0.4 is 10.5 Å². The summed E-state index contributed by atoms with van der Waals surface area (Å²) in [5.74, 6) is 0.466. The molecule has 1 aromatic rings. The van der Waals surface area contributed by atoms with Crippen LogP contribution in [0.1, 0.15) is 30.4 Å². The highest BCUT2D eigenvalue weighted by atomic mass is 19.3. The van der Waals surface area contributed by atoms with Gasteiger partial charge in [-0.3, -0.25) is 0 Å². The summed E-state index contributed by atoms with van der Waals surface area (Å²) in [7, 11) is 1.47. The first kappa shape index (κ1) is 10.4. The van der Waals surface area contributed by atoms with Crippen molar-refractivity contribution < 1.29 is 13.5 Å². The number of hydrogen-bond acceptors (Lipinski definition) is 2.